The summed E-state index contributed by atoms with van der Waals surface area (Å²) in [6, 6.07) is 22.9. The number of piperidine rings is 1. The van der Waals surface area contributed by atoms with Gasteiger partial charge in [0, 0.05) is 50.4 Å². The summed E-state index contributed by atoms with van der Waals surface area (Å²) in [5.41, 5.74) is 2.82. The molecule has 3 aromatic carbocycles. The number of amides is 1. The number of carbonyl (C=O) groups is 1. The van der Waals surface area contributed by atoms with Crippen molar-refractivity contribution in [1.29, 1.82) is 0 Å². The molecule has 0 atom stereocenters. The Kier molecular flexibility index (Phi) is 9.32. The zero-order valence-electron chi connectivity index (χ0n) is 23.3. The van der Waals surface area contributed by atoms with Crippen molar-refractivity contribution < 1.29 is 17.9 Å². The summed E-state index contributed by atoms with van der Waals surface area (Å²) in [7, 11) is -2.05. The second-order valence-corrected chi connectivity index (χ2v) is 12.9. The molecule has 2 saturated heterocycles. The van der Waals surface area contributed by atoms with Gasteiger partial charge < -0.3 is 14.5 Å². The Labute approximate surface area is 248 Å². The van der Waals surface area contributed by atoms with Gasteiger partial charge in [0.15, 0.2) is 0 Å². The van der Waals surface area contributed by atoms with Gasteiger partial charge in [-0.25, -0.2) is 8.42 Å². The second kappa shape index (κ2) is 13.1. The van der Waals surface area contributed by atoms with Crippen LogP contribution in [0.3, 0.4) is 0 Å². The molecule has 0 N–H and O–H groups in total. The largest absolute Gasteiger partial charge is 0.495 e. The molecule has 41 heavy (non-hydrogen) atoms. The smallest absolute Gasteiger partial charge is 0.246 e. The quantitative estimate of drug-likeness (QED) is 0.329. The molecule has 0 spiro atoms. The molecule has 2 aliphatic rings. The fourth-order valence-electron chi connectivity index (χ4n) is 5.57. The number of halogens is 1. The molecule has 216 valence electrons. The number of carbonyl (C=O) groups excluding carboxylic acids is 1. The van der Waals surface area contributed by atoms with Crippen LogP contribution in [0.25, 0.3) is 6.08 Å². The van der Waals surface area contributed by atoms with Crippen LogP contribution in [-0.4, -0.2) is 69.9 Å². The monoisotopic (exact) mass is 593 g/mol. The normalized spacial score (nSPS) is 17.2. The van der Waals surface area contributed by atoms with Gasteiger partial charge in [0.05, 0.1) is 17.7 Å². The second-order valence-electron chi connectivity index (χ2n) is 10.5. The first-order valence-corrected chi connectivity index (χ1v) is 15.9. The lowest BCUT2D eigenvalue weighted by atomic mass is 9.91. The molecule has 0 aromatic heterocycles. The molecule has 1 amide bonds. The van der Waals surface area contributed by atoms with Crippen LogP contribution >= 0.6 is 11.6 Å². The Morgan fingerprint density at radius 2 is 1.61 bits per heavy atom. The van der Waals surface area contributed by atoms with E-state index in [0.29, 0.717) is 56.0 Å². The molecule has 0 radical (unpaired) electrons. The standard InChI is InChI=1S/C32H36ClN3O4S/c1-40-31-13-12-28(41(38,39)36-17-15-26(16-18-36)23-25-7-3-2-4-8-25)24-30(31)34-19-21-35(22-20-34)32(37)14-11-27-9-5-6-10-29(27)33/h2-14,24,26H,15-23H2,1H3. The Bertz CT molecular complexity index is 1480. The predicted octanol–water partition coefficient (Wildman–Crippen LogP) is 5.35. The summed E-state index contributed by atoms with van der Waals surface area (Å²) in [5.74, 6) is 1.02. The zero-order chi connectivity index (χ0) is 28.8. The van der Waals surface area contributed by atoms with E-state index in [4.69, 9.17) is 16.3 Å². The van der Waals surface area contributed by atoms with Crippen molar-refractivity contribution in [3.05, 3.63) is 95.0 Å². The van der Waals surface area contributed by atoms with Gasteiger partial charge in [-0.05, 0) is 66.6 Å². The maximum atomic E-state index is 13.6. The molecule has 0 unspecified atom stereocenters. The lowest BCUT2D eigenvalue weighted by Gasteiger charge is -2.36. The number of methoxy groups -OCH3 is 1. The van der Waals surface area contributed by atoms with E-state index in [1.54, 1.807) is 52.7 Å². The molecular formula is C32H36ClN3O4S. The van der Waals surface area contributed by atoms with E-state index in [9.17, 15) is 13.2 Å². The fraction of sp³-hybridized carbons (Fsp3) is 0.344. The average molecular weight is 594 g/mol. The SMILES string of the molecule is COc1ccc(S(=O)(=O)N2CCC(Cc3ccccc3)CC2)cc1N1CCN(C(=O)C=Cc2ccccc2Cl)CC1. The van der Waals surface area contributed by atoms with E-state index in [0.717, 1.165) is 30.5 Å². The van der Waals surface area contributed by atoms with Crippen LogP contribution in [0.5, 0.6) is 5.75 Å². The van der Waals surface area contributed by atoms with Crippen molar-refractivity contribution in [2.24, 2.45) is 5.92 Å². The average Bonchev–Trinajstić information content (AvgIpc) is 3.01. The van der Waals surface area contributed by atoms with Crippen LogP contribution in [0.1, 0.15) is 24.0 Å². The van der Waals surface area contributed by atoms with Crippen LogP contribution in [0.2, 0.25) is 5.02 Å². The van der Waals surface area contributed by atoms with Crippen LogP contribution in [-0.2, 0) is 21.2 Å². The molecule has 3 aromatic rings. The highest BCUT2D eigenvalue weighted by molar-refractivity contribution is 7.89. The Morgan fingerprint density at radius 1 is 0.927 bits per heavy atom. The summed E-state index contributed by atoms with van der Waals surface area (Å²) >= 11 is 6.20. The third-order valence-electron chi connectivity index (χ3n) is 7.97. The van der Waals surface area contributed by atoms with Crippen molar-refractivity contribution in [1.82, 2.24) is 9.21 Å². The first kappa shape index (κ1) is 29.2. The maximum absolute atomic E-state index is 13.6. The predicted molar refractivity (Wildman–Crippen MR) is 164 cm³/mol. The van der Waals surface area contributed by atoms with Crippen molar-refractivity contribution in [3.8, 4) is 5.75 Å². The Hall–Kier alpha value is -3.33. The van der Waals surface area contributed by atoms with Gasteiger partial charge in [-0.2, -0.15) is 4.31 Å². The number of hydrogen-bond donors (Lipinski definition) is 0. The number of ether oxygens (including phenoxy) is 1. The van der Waals surface area contributed by atoms with Crippen LogP contribution in [0.4, 0.5) is 5.69 Å². The first-order valence-electron chi connectivity index (χ1n) is 14.0. The fourth-order valence-corrected chi connectivity index (χ4v) is 7.26. The van der Waals surface area contributed by atoms with E-state index in [-0.39, 0.29) is 10.8 Å². The molecule has 0 aliphatic carbocycles. The van der Waals surface area contributed by atoms with E-state index >= 15 is 0 Å². The summed E-state index contributed by atoms with van der Waals surface area (Å²) in [6.45, 7) is 3.20. The van der Waals surface area contributed by atoms with Crippen LogP contribution in [0, 0.1) is 5.92 Å². The summed E-state index contributed by atoms with van der Waals surface area (Å²) in [6.07, 6.45) is 5.95. The van der Waals surface area contributed by atoms with Crippen molar-refractivity contribution in [2.45, 2.75) is 24.2 Å². The summed E-state index contributed by atoms with van der Waals surface area (Å²) < 4.78 is 34.5. The lowest BCUT2D eigenvalue weighted by molar-refractivity contribution is -0.126. The molecule has 5 rings (SSSR count). The molecule has 7 nitrogen and oxygen atoms in total. The van der Waals surface area contributed by atoms with E-state index in [2.05, 4.69) is 17.0 Å². The molecule has 2 aliphatic heterocycles. The highest BCUT2D eigenvalue weighted by atomic mass is 35.5. The van der Waals surface area contributed by atoms with E-state index < -0.39 is 10.0 Å². The molecule has 0 saturated carbocycles. The van der Waals surface area contributed by atoms with Gasteiger partial charge in [0.25, 0.3) is 0 Å². The number of rotatable bonds is 8. The number of hydrogen-bond acceptors (Lipinski definition) is 5. The highest BCUT2D eigenvalue weighted by Crippen LogP contribution is 2.34. The summed E-state index contributed by atoms with van der Waals surface area (Å²) in [4.78, 5) is 17.0. The van der Waals surface area contributed by atoms with E-state index in [1.807, 2.05) is 36.4 Å². The summed E-state index contributed by atoms with van der Waals surface area (Å²) in [5, 5.41) is 0.597. The van der Waals surface area contributed by atoms with Crippen molar-refractivity contribution in [2.75, 3.05) is 51.3 Å². The number of anilines is 1. The van der Waals surface area contributed by atoms with Gasteiger partial charge in [-0.3, -0.25) is 4.79 Å². The third kappa shape index (κ3) is 6.94. The highest BCUT2D eigenvalue weighted by Gasteiger charge is 2.31. The molecule has 9 heteroatoms. The first-order chi connectivity index (χ1) is 19.8. The van der Waals surface area contributed by atoms with Gasteiger partial charge >= 0.3 is 0 Å². The van der Waals surface area contributed by atoms with Gasteiger partial charge in [0.1, 0.15) is 5.75 Å². The maximum Gasteiger partial charge on any atom is 0.246 e. The van der Waals surface area contributed by atoms with Gasteiger partial charge in [-0.1, -0.05) is 60.1 Å². The van der Waals surface area contributed by atoms with Crippen LogP contribution < -0.4 is 9.64 Å². The van der Waals surface area contributed by atoms with Crippen molar-refractivity contribution in [3.63, 3.8) is 0 Å². The topological polar surface area (TPSA) is 70.2 Å². The number of benzene rings is 3. The minimum atomic E-state index is -3.64. The number of piperazine rings is 1. The van der Waals surface area contributed by atoms with Crippen LogP contribution in [0.15, 0.2) is 83.8 Å². The molecule has 0 bridgehead atoms. The molecular weight excluding hydrogens is 558 g/mol. The minimum Gasteiger partial charge on any atom is -0.495 e. The number of nitrogens with zero attached hydrogens (tertiary/aromatic N) is 3. The lowest BCUT2D eigenvalue weighted by Crippen LogP contribution is -2.48. The number of sulfonamides is 1. The minimum absolute atomic E-state index is 0.0801. The third-order valence-corrected chi connectivity index (χ3v) is 10.2. The zero-order valence-corrected chi connectivity index (χ0v) is 24.9. The van der Waals surface area contributed by atoms with Gasteiger partial charge in [-0.15, -0.1) is 0 Å². The van der Waals surface area contributed by atoms with Crippen molar-refractivity contribution >= 4 is 39.3 Å². The Morgan fingerprint density at radius 3 is 2.29 bits per heavy atom. The molecule has 2 fully saturated rings. The van der Waals surface area contributed by atoms with Gasteiger partial charge in [0.2, 0.25) is 15.9 Å². The van der Waals surface area contributed by atoms with E-state index in [1.165, 1.54) is 5.56 Å². The Balaban J connectivity index is 1.22. The molecule has 2 heterocycles.